The maximum absolute atomic E-state index is 9.82. The van der Waals surface area contributed by atoms with Gasteiger partial charge in [-0.3, -0.25) is 0 Å². The second-order valence-corrected chi connectivity index (χ2v) is 5.94. The second kappa shape index (κ2) is 5.35. The van der Waals surface area contributed by atoms with Gasteiger partial charge in [-0.2, -0.15) is 0 Å². The minimum atomic E-state index is 0.353. The number of hydrogen-bond donors (Lipinski definition) is 2. The first-order valence-electron chi connectivity index (χ1n) is 6.50. The maximum Gasteiger partial charge on any atom is 0.120 e. The fourth-order valence-corrected chi connectivity index (χ4v) is 3.06. The molecule has 1 aliphatic rings. The molecule has 0 amide bonds. The molecule has 0 bridgehead atoms. The molecule has 1 aliphatic carbocycles. The summed E-state index contributed by atoms with van der Waals surface area (Å²) < 4.78 is 0.997. The van der Waals surface area contributed by atoms with Crippen LogP contribution in [0, 0.1) is 0 Å². The molecule has 2 aromatic rings. The first kappa shape index (κ1) is 12.7. The lowest BCUT2D eigenvalue weighted by atomic mass is 10.1. The lowest BCUT2D eigenvalue weighted by Crippen LogP contribution is -2.28. The lowest BCUT2D eigenvalue weighted by Gasteiger charge is -2.13. The number of aromatic hydroxyl groups is 1. The second-order valence-electron chi connectivity index (χ2n) is 5.03. The van der Waals surface area contributed by atoms with Crippen LogP contribution in [0.3, 0.4) is 0 Å². The van der Waals surface area contributed by atoms with Crippen LogP contribution in [0.5, 0.6) is 5.75 Å². The normalized spacial score (nSPS) is 14.6. The number of hydrogen-bond acceptors (Lipinski definition) is 2. The van der Waals surface area contributed by atoms with E-state index in [9.17, 15) is 5.11 Å². The summed E-state index contributed by atoms with van der Waals surface area (Å²) in [6.45, 7) is 0.698. The van der Waals surface area contributed by atoms with Gasteiger partial charge in [0.25, 0.3) is 0 Å². The SMILES string of the molecule is Oc1ccc(Br)cc1CNC1Cc2ccccc2C1. The Morgan fingerprint density at radius 3 is 2.47 bits per heavy atom. The van der Waals surface area contributed by atoms with Gasteiger partial charge in [0, 0.05) is 22.6 Å². The van der Waals surface area contributed by atoms with Gasteiger partial charge in [-0.1, -0.05) is 40.2 Å². The third kappa shape index (κ3) is 2.82. The summed E-state index contributed by atoms with van der Waals surface area (Å²) >= 11 is 3.43. The van der Waals surface area contributed by atoms with Crippen molar-refractivity contribution in [3.63, 3.8) is 0 Å². The Labute approximate surface area is 121 Å². The largest absolute Gasteiger partial charge is 0.508 e. The van der Waals surface area contributed by atoms with Crippen LogP contribution in [-0.2, 0) is 19.4 Å². The van der Waals surface area contributed by atoms with E-state index >= 15 is 0 Å². The third-order valence-electron chi connectivity index (χ3n) is 3.67. The van der Waals surface area contributed by atoms with Crippen molar-refractivity contribution in [2.45, 2.75) is 25.4 Å². The molecule has 2 aromatic carbocycles. The van der Waals surface area contributed by atoms with Crippen molar-refractivity contribution in [2.75, 3.05) is 0 Å². The summed E-state index contributed by atoms with van der Waals surface area (Å²) in [5.74, 6) is 0.353. The van der Waals surface area contributed by atoms with Crippen LogP contribution in [0.2, 0.25) is 0 Å². The van der Waals surface area contributed by atoms with Crippen molar-refractivity contribution >= 4 is 15.9 Å². The molecular formula is C16H16BrNO. The Balaban J connectivity index is 1.64. The van der Waals surface area contributed by atoms with Gasteiger partial charge < -0.3 is 10.4 Å². The number of nitrogens with one attached hydrogen (secondary N) is 1. The first-order chi connectivity index (χ1) is 9.22. The number of phenols is 1. The van der Waals surface area contributed by atoms with E-state index in [4.69, 9.17) is 0 Å². The Morgan fingerprint density at radius 2 is 1.79 bits per heavy atom. The minimum absolute atomic E-state index is 0.353. The van der Waals surface area contributed by atoms with Gasteiger partial charge in [-0.15, -0.1) is 0 Å². The number of benzene rings is 2. The van der Waals surface area contributed by atoms with E-state index < -0.39 is 0 Å². The number of phenolic OH excluding ortho intramolecular Hbond substituents is 1. The molecular weight excluding hydrogens is 302 g/mol. The first-order valence-corrected chi connectivity index (χ1v) is 7.29. The van der Waals surface area contributed by atoms with E-state index in [-0.39, 0.29) is 0 Å². The molecule has 19 heavy (non-hydrogen) atoms. The van der Waals surface area contributed by atoms with Crippen molar-refractivity contribution in [3.05, 3.63) is 63.6 Å². The highest BCUT2D eigenvalue weighted by atomic mass is 79.9. The van der Waals surface area contributed by atoms with Crippen LogP contribution in [0.25, 0.3) is 0 Å². The predicted molar refractivity (Wildman–Crippen MR) is 80.3 cm³/mol. The molecule has 0 spiro atoms. The molecule has 0 heterocycles. The molecule has 0 atom stereocenters. The lowest BCUT2D eigenvalue weighted by molar-refractivity contribution is 0.457. The molecule has 3 rings (SSSR count). The summed E-state index contributed by atoms with van der Waals surface area (Å²) in [7, 11) is 0. The Morgan fingerprint density at radius 1 is 1.11 bits per heavy atom. The monoisotopic (exact) mass is 317 g/mol. The number of rotatable bonds is 3. The molecule has 2 nitrogen and oxygen atoms in total. The van der Waals surface area contributed by atoms with Gasteiger partial charge in [0.2, 0.25) is 0 Å². The van der Waals surface area contributed by atoms with Crippen molar-refractivity contribution in [1.82, 2.24) is 5.32 Å². The summed E-state index contributed by atoms with van der Waals surface area (Å²) in [6, 6.07) is 14.6. The molecule has 0 radical (unpaired) electrons. The summed E-state index contributed by atoms with van der Waals surface area (Å²) in [5, 5.41) is 13.4. The van der Waals surface area contributed by atoms with E-state index in [0.717, 1.165) is 22.9 Å². The molecule has 3 heteroatoms. The van der Waals surface area contributed by atoms with Gasteiger partial charge in [0.15, 0.2) is 0 Å². The topological polar surface area (TPSA) is 32.3 Å². The average molecular weight is 318 g/mol. The van der Waals surface area contributed by atoms with E-state index in [2.05, 4.69) is 45.5 Å². The van der Waals surface area contributed by atoms with Gasteiger partial charge in [0.05, 0.1) is 0 Å². The summed E-state index contributed by atoms with van der Waals surface area (Å²) in [6.07, 6.45) is 2.15. The maximum atomic E-state index is 9.82. The van der Waals surface area contributed by atoms with E-state index in [1.807, 2.05) is 12.1 Å². The number of halogens is 1. The number of fused-ring (bicyclic) bond motifs is 1. The van der Waals surface area contributed by atoms with Crippen LogP contribution in [-0.4, -0.2) is 11.1 Å². The van der Waals surface area contributed by atoms with Crippen LogP contribution in [0.1, 0.15) is 16.7 Å². The highest BCUT2D eigenvalue weighted by molar-refractivity contribution is 9.10. The molecule has 0 fully saturated rings. The van der Waals surface area contributed by atoms with Gasteiger partial charge in [0.1, 0.15) is 5.75 Å². The molecule has 0 saturated heterocycles. The zero-order valence-electron chi connectivity index (χ0n) is 10.6. The quantitative estimate of drug-likeness (QED) is 0.909. The van der Waals surface area contributed by atoms with E-state index in [0.29, 0.717) is 18.3 Å². The molecule has 98 valence electrons. The molecule has 0 unspecified atom stereocenters. The molecule has 0 aliphatic heterocycles. The van der Waals surface area contributed by atoms with Crippen molar-refractivity contribution < 1.29 is 5.11 Å². The standard InChI is InChI=1S/C16H16BrNO/c17-14-5-6-16(19)13(7-14)10-18-15-8-11-3-1-2-4-12(11)9-15/h1-7,15,18-19H,8-10H2. The van der Waals surface area contributed by atoms with Crippen molar-refractivity contribution in [2.24, 2.45) is 0 Å². The molecule has 0 aromatic heterocycles. The molecule has 2 N–H and O–H groups in total. The van der Waals surface area contributed by atoms with Crippen LogP contribution in [0.15, 0.2) is 46.9 Å². The Hall–Kier alpha value is -1.32. The highest BCUT2D eigenvalue weighted by Gasteiger charge is 2.20. The van der Waals surface area contributed by atoms with Crippen molar-refractivity contribution in [1.29, 1.82) is 0 Å². The third-order valence-corrected chi connectivity index (χ3v) is 4.17. The fourth-order valence-electron chi connectivity index (χ4n) is 2.65. The van der Waals surface area contributed by atoms with Crippen LogP contribution >= 0.6 is 15.9 Å². The minimum Gasteiger partial charge on any atom is -0.508 e. The fraction of sp³-hybridized carbons (Fsp3) is 0.250. The summed E-state index contributed by atoms with van der Waals surface area (Å²) in [5.41, 5.74) is 3.82. The van der Waals surface area contributed by atoms with Gasteiger partial charge in [-0.05, 0) is 42.2 Å². The van der Waals surface area contributed by atoms with Crippen LogP contribution < -0.4 is 5.32 Å². The highest BCUT2D eigenvalue weighted by Crippen LogP contribution is 2.24. The van der Waals surface area contributed by atoms with E-state index in [1.54, 1.807) is 6.07 Å². The Kier molecular flexibility index (Phi) is 3.58. The smallest absolute Gasteiger partial charge is 0.120 e. The van der Waals surface area contributed by atoms with Gasteiger partial charge >= 0.3 is 0 Å². The average Bonchev–Trinajstić information content (AvgIpc) is 2.82. The van der Waals surface area contributed by atoms with Crippen LogP contribution in [0.4, 0.5) is 0 Å². The molecule has 0 saturated carbocycles. The zero-order chi connectivity index (χ0) is 13.2. The summed E-state index contributed by atoms with van der Waals surface area (Å²) in [4.78, 5) is 0. The Bertz CT molecular complexity index is 572. The van der Waals surface area contributed by atoms with Crippen molar-refractivity contribution in [3.8, 4) is 5.75 Å². The van der Waals surface area contributed by atoms with Gasteiger partial charge in [-0.25, -0.2) is 0 Å². The van der Waals surface area contributed by atoms with E-state index in [1.165, 1.54) is 11.1 Å². The zero-order valence-corrected chi connectivity index (χ0v) is 12.2. The predicted octanol–water partition coefficient (Wildman–Crippen LogP) is 3.41.